The lowest BCUT2D eigenvalue weighted by atomic mass is 9.83. The van der Waals surface area contributed by atoms with Crippen molar-refractivity contribution in [3.63, 3.8) is 0 Å². The zero-order valence-electron chi connectivity index (χ0n) is 12.2. The van der Waals surface area contributed by atoms with E-state index in [1.165, 1.54) is 16.7 Å². The van der Waals surface area contributed by atoms with Crippen LogP contribution in [0.1, 0.15) is 37.5 Å². The Hall–Kier alpha value is -1.76. The SMILES string of the molecule is Cc1ccc(COc2ccccc2)c(C(C)(C)C)c1. The molecule has 0 aliphatic carbocycles. The standard InChI is InChI=1S/C18H22O/c1-14-10-11-15(17(12-14)18(2,3)4)13-19-16-8-6-5-7-9-16/h5-12H,13H2,1-4H3. The first kappa shape index (κ1) is 13.7. The Balaban J connectivity index is 2.21. The van der Waals surface area contributed by atoms with Gasteiger partial charge in [0, 0.05) is 0 Å². The Bertz CT molecular complexity index is 535. The molecule has 0 bridgehead atoms. The van der Waals surface area contributed by atoms with Crippen LogP contribution in [0.25, 0.3) is 0 Å². The topological polar surface area (TPSA) is 9.23 Å². The van der Waals surface area contributed by atoms with Crippen molar-refractivity contribution < 1.29 is 4.74 Å². The van der Waals surface area contributed by atoms with Gasteiger partial charge in [-0.1, -0.05) is 62.7 Å². The maximum atomic E-state index is 5.87. The summed E-state index contributed by atoms with van der Waals surface area (Å²) in [5, 5.41) is 0. The zero-order chi connectivity index (χ0) is 13.9. The highest BCUT2D eigenvalue weighted by Gasteiger charge is 2.18. The van der Waals surface area contributed by atoms with Crippen LogP contribution in [-0.4, -0.2) is 0 Å². The molecule has 0 saturated carbocycles. The lowest BCUT2D eigenvalue weighted by Gasteiger charge is -2.23. The summed E-state index contributed by atoms with van der Waals surface area (Å²) in [7, 11) is 0. The maximum Gasteiger partial charge on any atom is 0.119 e. The van der Waals surface area contributed by atoms with Crippen molar-refractivity contribution in [1.82, 2.24) is 0 Å². The van der Waals surface area contributed by atoms with Gasteiger partial charge < -0.3 is 4.74 Å². The molecule has 2 aromatic rings. The Kier molecular flexibility index (Phi) is 3.94. The van der Waals surface area contributed by atoms with Gasteiger partial charge in [0.2, 0.25) is 0 Å². The van der Waals surface area contributed by atoms with Crippen LogP contribution in [0.5, 0.6) is 5.75 Å². The van der Waals surface area contributed by atoms with Gasteiger partial charge in [-0.15, -0.1) is 0 Å². The van der Waals surface area contributed by atoms with Crippen LogP contribution in [-0.2, 0) is 12.0 Å². The molecule has 0 aromatic heterocycles. The fourth-order valence-corrected chi connectivity index (χ4v) is 2.19. The van der Waals surface area contributed by atoms with Crippen molar-refractivity contribution in [3.05, 3.63) is 65.2 Å². The van der Waals surface area contributed by atoms with E-state index in [0.717, 1.165) is 5.75 Å². The number of aryl methyl sites for hydroxylation is 1. The maximum absolute atomic E-state index is 5.87. The smallest absolute Gasteiger partial charge is 0.119 e. The molecule has 0 amide bonds. The van der Waals surface area contributed by atoms with Gasteiger partial charge in [0.25, 0.3) is 0 Å². The Morgan fingerprint density at radius 1 is 0.947 bits per heavy atom. The van der Waals surface area contributed by atoms with Crippen molar-refractivity contribution in [2.75, 3.05) is 0 Å². The number of rotatable bonds is 3. The number of benzene rings is 2. The third-order valence-electron chi connectivity index (χ3n) is 3.21. The fraction of sp³-hybridized carbons (Fsp3) is 0.333. The summed E-state index contributed by atoms with van der Waals surface area (Å²) < 4.78 is 5.87. The summed E-state index contributed by atoms with van der Waals surface area (Å²) in [6.07, 6.45) is 0. The molecule has 0 fully saturated rings. The van der Waals surface area contributed by atoms with Gasteiger partial charge in [0.15, 0.2) is 0 Å². The fourth-order valence-electron chi connectivity index (χ4n) is 2.19. The third-order valence-corrected chi connectivity index (χ3v) is 3.21. The Labute approximate surface area is 116 Å². The summed E-state index contributed by atoms with van der Waals surface area (Å²) in [4.78, 5) is 0. The molecule has 0 aliphatic heterocycles. The lowest BCUT2D eigenvalue weighted by molar-refractivity contribution is 0.302. The van der Waals surface area contributed by atoms with Gasteiger partial charge in [-0.2, -0.15) is 0 Å². The highest BCUT2D eigenvalue weighted by Crippen LogP contribution is 2.27. The van der Waals surface area contributed by atoms with Gasteiger partial charge >= 0.3 is 0 Å². The quantitative estimate of drug-likeness (QED) is 0.759. The Morgan fingerprint density at radius 3 is 2.26 bits per heavy atom. The summed E-state index contributed by atoms with van der Waals surface area (Å²) in [6.45, 7) is 9.49. The van der Waals surface area contributed by atoms with E-state index in [-0.39, 0.29) is 5.41 Å². The first-order valence-electron chi connectivity index (χ1n) is 6.75. The average Bonchev–Trinajstić information content (AvgIpc) is 2.37. The van der Waals surface area contributed by atoms with Crippen molar-refractivity contribution >= 4 is 0 Å². The average molecular weight is 254 g/mol. The molecule has 0 unspecified atom stereocenters. The van der Waals surface area contributed by atoms with Crippen molar-refractivity contribution in [1.29, 1.82) is 0 Å². The zero-order valence-corrected chi connectivity index (χ0v) is 12.2. The number of hydrogen-bond acceptors (Lipinski definition) is 1. The van der Waals surface area contributed by atoms with Crippen molar-refractivity contribution in [3.8, 4) is 5.75 Å². The molecule has 100 valence electrons. The number of hydrogen-bond donors (Lipinski definition) is 0. The predicted octanol–water partition coefficient (Wildman–Crippen LogP) is 4.87. The minimum atomic E-state index is 0.140. The van der Waals surface area contributed by atoms with E-state index in [1.807, 2.05) is 30.3 Å². The molecular formula is C18H22O. The molecule has 0 N–H and O–H groups in total. The van der Waals surface area contributed by atoms with Crippen LogP contribution in [0, 0.1) is 6.92 Å². The number of para-hydroxylation sites is 1. The molecule has 1 nitrogen and oxygen atoms in total. The van der Waals surface area contributed by atoms with E-state index in [1.54, 1.807) is 0 Å². The summed E-state index contributed by atoms with van der Waals surface area (Å²) in [5.41, 5.74) is 4.07. The van der Waals surface area contributed by atoms with E-state index in [0.29, 0.717) is 6.61 Å². The first-order chi connectivity index (χ1) is 8.97. The first-order valence-corrected chi connectivity index (χ1v) is 6.75. The van der Waals surface area contributed by atoms with Crippen molar-refractivity contribution in [2.45, 2.75) is 39.7 Å². The molecule has 0 heterocycles. The van der Waals surface area contributed by atoms with Gasteiger partial charge in [-0.05, 0) is 35.6 Å². The molecule has 2 rings (SSSR count). The second-order valence-electron chi connectivity index (χ2n) is 6.01. The van der Waals surface area contributed by atoms with E-state index >= 15 is 0 Å². The molecule has 2 aromatic carbocycles. The van der Waals surface area contributed by atoms with Gasteiger partial charge in [-0.3, -0.25) is 0 Å². The van der Waals surface area contributed by atoms with E-state index in [2.05, 4.69) is 45.9 Å². The molecule has 0 spiro atoms. The minimum Gasteiger partial charge on any atom is -0.489 e. The molecular weight excluding hydrogens is 232 g/mol. The third kappa shape index (κ3) is 3.60. The summed E-state index contributed by atoms with van der Waals surface area (Å²) >= 11 is 0. The molecule has 0 atom stereocenters. The largest absolute Gasteiger partial charge is 0.489 e. The second-order valence-corrected chi connectivity index (χ2v) is 6.01. The van der Waals surface area contributed by atoms with E-state index in [9.17, 15) is 0 Å². The predicted molar refractivity (Wildman–Crippen MR) is 80.7 cm³/mol. The number of ether oxygens (including phenoxy) is 1. The van der Waals surface area contributed by atoms with Gasteiger partial charge in [0.05, 0.1) is 0 Å². The van der Waals surface area contributed by atoms with Crippen LogP contribution in [0.4, 0.5) is 0 Å². The van der Waals surface area contributed by atoms with Crippen molar-refractivity contribution in [2.24, 2.45) is 0 Å². The molecule has 1 heteroatoms. The molecule has 0 radical (unpaired) electrons. The minimum absolute atomic E-state index is 0.140. The summed E-state index contributed by atoms with van der Waals surface area (Å²) in [5.74, 6) is 0.919. The molecule has 0 saturated heterocycles. The van der Waals surface area contributed by atoms with E-state index < -0.39 is 0 Å². The highest BCUT2D eigenvalue weighted by molar-refractivity contribution is 5.36. The van der Waals surface area contributed by atoms with Crippen LogP contribution < -0.4 is 4.74 Å². The second kappa shape index (κ2) is 5.48. The Morgan fingerprint density at radius 2 is 1.63 bits per heavy atom. The highest BCUT2D eigenvalue weighted by atomic mass is 16.5. The lowest BCUT2D eigenvalue weighted by Crippen LogP contribution is -2.15. The van der Waals surface area contributed by atoms with Crippen LogP contribution in [0.2, 0.25) is 0 Å². The molecule has 0 aliphatic rings. The normalized spacial score (nSPS) is 11.4. The van der Waals surface area contributed by atoms with Gasteiger partial charge in [0.1, 0.15) is 12.4 Å². The molecule has 19 heavy (non-hydrogen) atoms. The van der Waals surface area contributed by atoms with Crippen LogP contribution in [0.15, 0.2) is 48.5 Å². The summed E-state index contributed by atoms with van der Waals surface area (Å²) in [6, 6.07) is 16.6. The van der Waals surface area contributed by atoms with E-state index in [4.69, 9.17) is 4.74 Å². The van der Waals surface area contributed by atoms with Crippen LogP contribution in [0.3, 0.4) is 0 Å². The monoisotopic (exact) mass is 254 g/mol. The van der Waals surface area contributed by atoms with Crippen LogP contribution >= 0.6 is 0 Å². The van der Waals surface area contributed by atoms with Gasteiger partial charge in [-0.25, -0.2) is 0 Å².